The standard InChI is InChI=1S/C9H9Br2/c1-6(2)7-3-4-8(10)9(11)5-7/h3-6H,1H2,2H3. The maximum Gasteiger partial charge on any atom is 0.0320 e. The minimum absolute atomic E-state index is 0.347. The zero-order valence-corrected chi connectivity index (χ0v) is 9.44. The second-order valence-corrected chi connectivity index (χ2v) is 4.28. The average Bonchev–Trinajstić information content (AvgIpc) is 1.94. The van der Waals surface area contributed by atoms with Crippen molar-refractivity contribution in [2.75, 3.05) is 0 Å². The molecule has 2 heteroatoms. The van der Waals surface area contributed by atoms with Crippen LogP contribution in [0.5, 0.6) is 0 Å². The molecule has 11 heavy (non-hydrogen) atoms. The van der Waals surface area contributed by atoms with Crippen LogP contribution in [0.2, 0.25) is 0 Å². The lowest BCUT2D eigenvalue weighted by Crippen LogP contribution is -1.86. The van der Waals surface area contributed by atoms with Gasteiger partial charge >= 0.3 is 0 Å². The minimum atomic E-state index is 0.347. The largest absolute Gasteiger partial charge is 0.0584 e. The average molecular weight is 277 g/mol. The van der Waals surface area contributed by atoms with Gasteiger partial charge in [-0.2, -0.15) is 0 Å². The van der Waals surface area contributed by atoms with E-state index in [1.807, 2.05) is 6.07 Å². The van der Waals surface area contributed by atoms with E-state index < -0.39 is 0 Å². The monoisotopic (exact) mass is 275 g/mol. The van der Waals surface area contributed by atoms with Crippen molar-refractivity contribution in [2.45, 2.75) is 12.8 Å². The molecule has 0 amide bonds. The first-order chi connectivity index (χ1) is 5.11. The van der Waals surface area contributed by atoms with Crippen molar-refractivity contribution < 1.29 is 0 Å². The minimum Gasteiger partial charge on any atom is -0.0584 e. The zero-order chi connectivity index (χ0) is 8.43. The fourth-order valence-electron chi connectivity index (χ4n) is 0.819. The first-order valence-electron chi connectivity index (χ1n) is 3.39. The van der Waals surface area contributed by atoms with Gasteiger partial charge in [0.1, 0.15) is 0 Å². The molecule has 1 radical (unpaired) electrons. The molecule has 0 aliphatic rings. The molecule has 1 aromatic rings. The molecule has 1 rings (SSSR count). The van der Waals surface area contributed by atoms with Crippen LogP contribution in [0.25, 0.3) is 0 Å². The quantitative estimate of drug-likeness (QED) is 0.723. The van der Waals surface area contributed by atoms with Gasteiger partial charge < -0.3 is 0 Å². The smallest absolute Gasteiger partial charge is 0.0320 e. The van der Waals surface area contributed by atoms with Crippen LogP contribution in [-0.4, -0.2) is 0 Å². The molecule has 0 aliphatic heterocycles. The van der Waals surface area contributed by atoms with Crippen LogP contribution in [0.3, 0.4) is 0 Å². The van der Waals surface area contributed by atoms with E-state index in [0.717, 1.165) is 8.95 Å². The van der Waals surface area contributed by atoms with Crippen molar-refractivity contribution in [2.24, 2.45) is 0 Å². The molecular formula is C9H9Br2. The Labute approximate surface area is 84.3 Å². The molecule has 1 aromatic carbocycles. The molecule has 1 atom stereocenters. The van der Waals surface area contributed by atoms with Crippen molar-refractivity contribution in [3.8, 4) is 0 Å². The van der Waals surface area contributed by atoms with Gasteiger partial charge in [0.15, 0.2) is 0 Å². The molecule has 0 saturated heterocycles. The van der Waals surface area contributed by atoms with Gasteiger partial charge in [0.25, 0.3) is 0 Å². The summed E-state index contributed by atoms with van der Waals surface area (Å²) in [6.45, 7) is 6.02. The Morgan fingerprint density at radius 3 is 2.36 bits per heavy atom. The lowest BCUT2D eigenvalue weighted by atomic mass is 10.0. The van der Waals surface area contributed by atoms with Crippen LogP contribution < -0.4 is 0 Å². The van der Waals surface area contributed by atoms with Gasteiger partial charge in [0, 0.05) is 8.95 Å². The molecular weight excluding hydrogens is 268 g/mol. The molecule has 0 bridgehead atoms. The number of hydrogen-bond donors (Lipinski definition) is 0. The summed E-state index contributed by atoms with van der Waals surface area (Å²) in [7, 11) is 0. The summed E-state index contributed by atoms with van der Waals surface area (Å²) in [5.41, 5.74) is 1.25. The number of rotatable bonds is 1. The molecule has 0 aromatic heterocycles. The molecule has 0 saturated carbocycles. The maximum absolute atomic E-state index is 3.94. The highest BCUT2D eigenvalue weighted by molar-refractivity contribution is 9.13. The zero-order valence-electron chi connectivity index (χ0n) is 6.27. The fraction of sp³-hybridized carbons (Fsp3) is 0.222. The SMILES string of the molecule is [CH2]C(C)c1ccc(Br)c(Br)c1. The number of hydrogen-bond acceptors (Lipinski definition) is 0. The molecule has 59 valence electrons. The molecule has 0 heterocycles. The first-order valence-corrected chi connectivity index (χ1v) is 4.98. The van der Waals surface area contributed by atoms with Crippen LogP contribution in [0, 0.1) is 6.92 Å². The van der Waals surface area contributed by atoms with Gasteiger partial charge in [-0.25, -0.2) is 0 Å². The third kappa shape index (κ3) is 2.31. The van der Waals surface area contributed by atoms with Crippen molar-refractivity contribution in [3.63, 3.8) is 0 Å². The van der Waals surface area contributed by atoms with E-state index in [1.165, 1.54) is 5.56 Å². The Bertz CT molecular complexity index is 254. The highest BCUT2D eigenvalue weighted by Crippen LogP contribution is 2.26. The molecule has 1 unspecified atom stereocenters. The van der Waals surface area contributed by atoms with E-state index in [0.29, 0.717) is 5.92 Å². The lowest BCUT2D eigenvalue weighted by Gasteiger charge is -2.05. The number of benzene rings is 1. The predicted octanol–water partition coefficient (Wildman–Crippen LogP) is 4.15. The maximum atomic E-state index is 3.94. The van der Waals surface area contributed by atoms with E-state index in [-0.39, 0.29) is 0 Å². The van der Waals surface area contributed by atoms with Crippen molar-refractivity contribution in [3.05, 3.63) is 39.6 Å². The molecule has 0 nitrogen and oxygen atoms in total. The predicted molar refractivity (Wildman–Crippen MR) is 55.6 cm³/mol. The van der Waals surface area contributed by atoms with Crippen molar-refractivity contribution in [1.82, 2.24) is 0 Å². The third-order valence-corrected chi connectivity index (χ3v) is 3.39. The van der Waals surface area contributed by atoms with Crippen LogP contribution in [0.15, 0.2) is 27.1 Å². The Kier molecular flexibility index (Phi) is 3.14. The Balaban J connectivity index is 3.05. The van der Waals surface area contributed by atoms with Crippen LogP contribution >= 0.6 is 31.9 Å². The van der Waals surface area contributed by atoms with E-state index >= 15 is 0 Å². The normalized spacial score (nSPS) is 10.6. The molecule has 0 fully saturated rings. The van der Waals surface area contributed by atoms with Crippen LogP contribution in [0.1, 0.15) is 18.4 Å². The van der Waals surface area contributed by atoms with Crippen LogP contribution in [0.4, 0.5) is 0 Å². The first kappa shape index (κ1) is 9.27. The van der Waals surface area contributed by atoms with Gasteiger partial charge in [-0.3, -0.25) is 0 Å². The topological polar surface area (TPSA) is 0 Å². The summed E-state index contributed by atoms with van der Waals surface area (Å²) in [5, 5.41) is 0. The lowest BCUT2D eigenvalue weighted by molar-refractivity contribution is 0.962. The summed E-state index contributed by atoms with van der Waals surface area (Å²) >= 11 is 6.85. The fourth-order valence-corrected chi connectivity index (χ4v) is 1.46. The second kappa shape index (κ2) is 3.72. The molecule has 0 spiro atoms. The second-order valence-electron chi connectivity index (χ2n) is 2.57. The number of halogens is 2. The molecule has 0 aliphatic carbocycles. The van der Waals surface area contributed by atoms with E-state index in [9.17, 15) is 0 Å². The van der Waals surface area contributed by atoms with E-state index in [4.69, 9.17) is 0 Å². The highest BCUT2D eigenvalue weighted by atomic mass is 79.9. The van der Waals surface area contributed by atoms with Crippen molar-refractivity contribution in [1.29, 1.82) is 0 Å². The Morgan fingerprint density at radius 2 is 1.91 bits per heavy atom. The highest BCUT2D eigenvalue weighted by Gasteiger charge is 2.01. The van der Waals surface area contributed by atoms with Gasteiger partial charge in [0.2, 0.25) is 0 Å². The summed E-state index contributed by atoms with van der Waals surface area (Å²) in [5.74, 6) is 0.347. The summed E-state index contributed by atoms with van der Waals surface area (Å²) in [6, 6.07) is 6.19. The van der Waals surface area contributed by atoms with Crippen LogP contribution in [-0.2, 0) is 0 Å². The van der Waals surface area contributed by atoms with E-state index in [2.05, 4.69) is 57.8 Å². The van der Waals surface area contributed by atoms with Gasteiger partial charge in [-0.15, -0.1) is 0 Å². The third-order valence-electron chi connectivity index (χ3n) is 1.51. The van der Waals surface area contributed by atoms with Gasteiger partial charge in [-0.1, -0.05) is 13.0 Å². The van der Waals surface area contributed by atoms with Gasteiger partial charge in [0.05, 0.1) is 0 Å². The Morgan fingerprint density at radius 1 is 1.27 bits per heavy atom. The summed E-state index contributed by atoms with van der Waals surface area (Å²) in [4.78, 5) is 0. The van der Waals surface area contributed by atoms with Gasteiger partial charge in [-0.05, 0) is 62.4 Å². The summed E-state index contributed by atoms with van der Waals surface area (Å²) < 4.78 is 2.17. The molecule has 0 N–H and O–H groups in total. The van der Waals surface area contributed by atoms with Crippen molar-refractivity contribution >= 4 is 31.9 Å². The summed E-state index contributed by atoms with van der Waals surface area (Å²) in [6.07, 6.45) is 0. The van der Waals surface area contributed by atoms with E-state index in [1.54, 1.807) is 0 Å². The Hall–Kier alpha value is 0.180.